The number of carbonyl (C=O) groups excluding carboxylic acids is 1. The average molecular weight is 321 g/mol. The number of ether oxygens (including phenoxy) is 1. The Balaban J connectivity index is 2.24. The molecule has 0 amide bonds. The number of fused-ring (bicyclic) bond motifs is 1. The number of anilines is 1. The maximum Gasteiger partial charge on any atom is 0.345 e. The van der Waals surface area contributed by atoms with Crippen LogP contribution >= 0.6 is 11.6 Å². The lowest BCUT2D eigenvalue weighted by Gasteiger charge is -2.18. The molecular weight excluding hydrogens is 304 g/mol. The first-order chi connectivity index (χ1) is 10.6. The summed E-state index contributed by atoms with van der Waals surface area (Å²) in [6.07, 6.45) is 4.34. The van der Waals surface area contributed by atoms with Crippen LogP contribution in [-0.2, 0) is 4.74 Å². The molecule has 1 aliphatic rings. The van der Waals surface area contributed by atoms with Crippen LogP contribution in [0.2, 0.25) is 5.02 Å². The molecule has 1 fully saturated rings. The van der Waals surface area contributed by atoms with Gasteiger partial charge < -0.3 is 15.0 Å². The molecule has 0 radical (unpaired) electrons. The first kappa shape index (κ1) is 14.9. The van der Waals surface area contributed by atoms with Crippen molar-refractivity contribution in [1.29, 1.82) is 0 Å². The number of carbonyl (C=O) groups is 1. The van der Waals surface area contributed by atoms with Gasteiger partial charge in [0.05, 0.1) is 23.3 Å². The number of hydrogen-bond acceptors (Lipinski definition) is 4. The Kier molecular flexibility index (Phi) is 4.07. The summed E-state index contributed by atoms with van der Waals surface area (Å²) >= 11 is 6.17. The lowest BCUT2D eigenvalue weighted by molar-refractivity contribution is 0.0600. The van der Waals surface area contributed by atoms with Gasteiger partial charge in [0.25, 0.3) is 5.56 Å². The second-order valence-corrected chi connectivity index (χ2v) is 5.89. The highest BCUT2D eigenvalue weighted by Gasteiger charge is 2.24. The topological polar surface area (TPSA) is 71.2 Å². The molecule has 5 nitrogen and oxygen atoms in total. The van der Waals surface area contributed by atoms with E-state index < -0.39 is 11.5 Å². The molecular formula is C16H17ClN2O3. The fourth-order valence-corrected chi connectivity index (χ4v) is 3.23. The predicted molar refractivity (Wildman–Crippen MR) is 86.8 cm³/mol. The van der Waals surface area contributed by atoms with Gasteiger partial charge in [0.2, 0.25) is 0 Å². The van der Waals surface area contributed by atoms with Crippen LogP contribution in [-0.4, -0.2) is 24.1 Å². The maximum atomic E-state index is 12.3. The zero-order chi connectivity index (χ0) is 15.7. The van der Waals surface area contributed by atoms with Gasteiger partial charge in [-0.1, -0.05) is 36.6 Å². The minimum absolute atomic E-state index is 0.00386. The number of pyridine rings is 1. The Labute approximate surface area is 132 Å². The molecule has 0 spiro atoms. The molecule has 22 heavy (non-hydrogen) atoms. The standard InChI is InChI=1S/C16H17ClN2O3/c1-22-16(21)12-14(18-9-5-2-3-6-9)10-7-4-8-11(17)13(10)19-15(12)20/h4,7-9H,2-3,5-6H2,1H3,(H2,18,19,20). The number of H-pyrrole nitrogens is 1. The Hall–Kier alpha value is -2.01. The minimum Gasteiger partial charge on any atom is -0.465 e. The van der Waals surface area contributed by atoms with Crippen molar-refractivity contribution < 1.29 is 9.53 Å². The number of nitrogens with one attached hydrogen (secondary N) is 2. The van der Waals surface area contributed by atoms with E-state index in [1.807, 2.05) is 6.07 Å². The van der Waals surface area contributed by atoms with E-state index in [-0.39, 0.29) is 11.6 Å². The van der Waals surface area contributed by atoms with Gasteiger partial charge in [0.15, 0.2) is 0 Å². The van der Waals surface area contributed by atoms with E-state index in [1.165, 1.54) is 7.11 Å². The monoisotopic (exact) mass is 320 g/mol. The van der Waals surface area contributed by atoms with Crippen LogP contribution in [0.15, 0.2) is 23.0 Å². The van der Waals surface area contributed by atoms with Gasteiger partial charge in [-0.05, 0) is 18.9 Å². The van der Waals surface area contributed by atoms with Crippen LogP contribution in [0.4, 0.5) is 5.69 Å². The lowest BCUT2D eigenvalue weighted by Crippen LogP contribution is -2.25. The van der Waals surface area contributed by atoms with Gasteiger partial charge in [-0.3, -0.25) is 4.79 Å². The molecule has 1 heterocycles. The van der Waals surface area contributed by atoms with E-state index in [1.54, 1.807) is 12.1 Å². The predicted octanol–water partition coefficient (Wildman–Crippen LogP) is 3.32. The normalized spacial score (nSPS) is 15.2. The van der Waals surface area contributed by atoms with Crippen LogP contribution < -0.4 is 10.9 Å². The van der Waals surface area contributed by atoms with Crippen LogP contribution in [0, 0.1) is 0 Å². The van der Waals surface area contributed by atoms with Gasteiger partial charge in [0.1, 0.15) is 5.56 Å². The highest BCUT2D eigenvalue weighted by molar-refractivity contribution is 6.35. The second-order valence-electron chi connectivity index (χ2n) is 5.48. The average Bonchev–Trinajstić information content (AvgIpc) is 3.01. The second kappa shape index (κ2) is 6.01. The SMILES string of the molecule is COC(=O)c1c(NC2CCCC2)c2cccc(Cl)c2[nH]c1=O. The van der Waals surface area contributed by atoms with E-state index in [9.17, 15) is 9.59 Å². The summed E-state index contributed by atoms with van der Waals surface area (Å²) in [5, 5.41) is 4.52. The van der Waals surface area contributed by atoms with Gasteiger partial charge >= 0.3 is 5.97 Å². The number of rotatable bonds is 3. The fourth-order valence-electron chi connectivity index (χ4n) is 3.00. The Morgan fingerprint density at radius 3 is 2.77 bits per heavy atom. The third-order valence-electron chi connectivity index (χ3n) is 4.09. The molecule has 0 aliphatic heterocycles. The van der Waals surface area contributed by atoms with E-state index in [4.69, 9.17) is 16.3 Å². The minimum atomic E-state index is -0.649. The van der Waals surface area contributed by atoms with Crippen molar-refractivity contribution in [2.24, 2.45) is 0 Å². The zero-order valence-corrected chi connectivity index (χ0v) is 13.0. The van der Waals surface area contributed by atoms with Gasteiger partial charge in [-0.2, -0.15) is 0 Å². The number of benzene rings is 1. The number of hydrogen-bond donors (Lipinski definition) is 2. The third kappa shape index (κ3) is 2.57. The number of halogens is 1. The smallest absolute Gasteiger partial charge is 0.345 e. The fraction of sp³-hybridized carbons (Fsp3) is 0.375. The Morgan fingerprint density at radius 2 is 2.09 bits per heavy atom. The quantitative estimate of drug-likeness (QED) is 0.851. The summed E-state index contributed by atoms with van der Waals surface area (Å²) in [5.74, 6) is -0.649. The molecule has 0 unspecified atom stereocenters. The van der Waals surface area contributed by atoms with Crippen LogP contribution in [0.5, 0.6) is 0 Å². The molecule has 1 aromatic carbocycles. The maximum absolute atomic E-state index is 12.3. The van der Waals surface area contributed by atoms with E-state index in [0.29, 0.717) is 16.2 Å². The molecule has 1 aromatic heterocycles. The van der Waals surface area contributed by atoms with Crippen molar-refractivity contribution in [3.05, 3.63) is 39.1 Å². The first-order valence-corrected chi connectivity index (χ1v) is 7.69. The molecule has 3 rings (SSSR count). The molecule has 1 saturated carbocycles. The summed E-state index contributed by atoms with van der Waals surface area (Å²) in [6, 6.07) is 5.59. The van der Waals surface area contributed by atoms with Crippen molar-refractivity contribution in [3.63, 3.8) is 0 Å². The van der Waals surface area contributed by atoms with Crippen molar-refractivity contribution in [2.75, 3.05) is 12.4 Å². The van der Waals surface area contributed by atoms with E-state index >= 15 is 0 Å². The molecule has 0 atom stereocenters. The van der Waals surface area contributed by atoms with E-state index in [2.05, 4.69) is 10.3 Å². The Bertz CT molecular complexity index is 779. The van der Waals surface area contributed by atoms with Crippen molar-refractivity contribution >= 4 is 34.2 Å². The highest BCUT2D eigenvalue weighted by Crippen LogP contribution is 2.31. The van der Waals surface area contributed by atoms with Crippen molar-refractivity contribution in [3.8, 4) is 0 Å². The van der Waals surface area contributed by atoms with E-state index in [0.717, 1.165) is 31.1 Å². The lowest BCUT2D eigenvalue weighted by atomic mass is 10.1. The zero-order valence-electron chi connectivity index (χ0n) is 12.2. The first-order valence-electron chi connectivity index (χ1n) is 7.31. The largest absolute Gasteiger partial charge is 0.465 e. The highest BCUT2D eigenvalue weighted by atomic mass is 35.5. The number of methoxy groups -OCH3 is 1. The summed E-state index contributed by atoms with van der Waals surface area (Å²) in [5.41, 5.74) is 0.555. The number of aromatic amines is 1. The summed E-state index contributed by atoms with van der Waals surface area (Å²) in [4.78, 5) is 27.0. The molecule has 0 saturated heterocycles. The van der Waals surface area contributed by atoms with Crippen LogP contribution in [0.3, 0.4) is 0 Å². The Morgan fingerprint density at radius 1 is 1.36 bits per heavy atom. The van der Waals surface area contributed by atoms with Crippen molar-refractivity contribution in [1.82, 2.24) is 4.98 Å². The van der Waals surface area contributed by atoms with Crippen LogP contribution in [0.25, 0.3) is 10.9 Å². The molecule has 2 aromatic rings. The van der Waals surface area contributed by atoms with Gasteiger partial charge in [-0.25, -0.2) is 4.79 Å². The molecule has 2 N–H and O–H groups in total. The van der Waals surface area contributed by atoms with Crippen LogP contribution in [0.1, 0.15) is 36.0 Å². The summed E-state index contributed by atoms with van der Waals surface area (Å²) < 4.78 is 4.77. The summed E-state index contributed by atoms with van der Waals surface area (Å²) in [7, 11) is 1.27. The molecule has 1 aliphatic carbocycles. The molecule has 0 bridgehead atoms. The number of aromatic nitrogens is 1. The molecule has 6 heteroatoms. The number of para-hydroxylation sites is 1. The summed E-state index contributed by atoms with van der Waals surface area (Å²) in [6.45, 7) is 0. The third-order valence-corrected chi connectivity index (χ3v) is 4.41. The number of esters is 1. The molecule has 116 valence electrons. The van der Waals surface area contributed by atoms with Gasteiger partial charge in [0, 0.05) is 11.4 Å². The van der Waals surface area contributed by atoms with Crippen molar-refractivity contribution in [2.45, 2.75) is 31.7 Å². The van der Waals surface area contributed by atoms with Gasteiger partial charge in [-0.15, -0.1) is 0 Å².